The Morgan fingerprint density at radius 2 is 1.53 bits per heavy atom. The number of rotatable bonds is 8. The number of hydrogen-bond acceptors (Lipinski definition) is 4. The van der Waals surface area contributed by atoms with E-state index in [-0.39, 0.29) is 29.1 Å². The predicted molar refractivity (Wildman–Crippen MR) is 117 cm³/mol. The highest BCUT2D eigenvalue weighted by Crippen LogP contribution is 2.17. The monoisotopic (exact) mass is 413 g/mol. The van der Waals surface area contributed by atoms with Crippen molar-refractivity contribution in [2.45, 2.75) is 46.7 Å². The van der Waals surface area contributed by atoms with E-state index in [0.29, 0.717) is 6.54 Å². The molecule has 2 rings (SSSR count). The molecule has 0 spiro atoms. The third kappa shape index (κ3) is 5.72. The SMILES string of the molecule is COc1ccc([C@@H](C)NC(=O)c2cn(C(C)C)cc(C(=O)NCC(C)C)c2=O)cc1. The zero-order valence-electron chi connectivity index (χ0n) is 18.5. The summed E-state index contributed by atoms with van der Waals surface area (Å²) in [5.74, 6) is -0.0208. The number of nitrogens with one attached hydrogen (secondary N) is 2. The molecule has 2 N–H and O–H groups in total. The van der Waals surface area contributed by atoms with E-state index >= 15 is 0 Å². The van der Waals surface area contributed by atoms with Crippen LogP contribution in [0, 0.1) is 5.92 Å². The van der Waals surface area contributed by atoms with E-state index in [4.69, 9.17) is 4.74 Å². The fourth-order valence-corrected chi connectivity index (χ4v) is 2.86. The number of nitrogens with zero attached hydrogens (tertiary/aromatic N) is 1. The first kappa shape index (κ1) is 23.2. The molecule has 1 heterocycles. The van der Waals surface area contributed by atoms with Gasteiger partial charge in [0.15, 0.2) is 0 Å². The van der Waals surface area contributed by atoms with Gasteiger partial charge < -0.3 is 19.9 Å². The minimum atomic E-state index is -0.576. The standard InChI is InChI=1S/C23H31N3O4/c1-14(2)11-24-22(28)19-12-26(15(3)4)13-20(21(19)27)23(29)25-16(5)17-7-9-18(30-6)10-8-17/h7-10,12-16H,11H2,1-6H3,(H,24,28)(H,25,29)/t16-/m1/s1. The molecule has 0 radical (unpaired) electrons. The van der Waals surface area contributed by atoms with E-state index in [1.54, 1.807) is 11.7 Å². The van der Waals surface area contributed by atoms with Crippen molar-refractivity contribution >= 4 is 11.8 Å². The van der Waals surface area contributed by atoms with Crippen LogP contribution >= 0.6 is 0 Å². The van der Waals surface area contributed by atoms with Crippen molar-refractivity contribution in [3.8, 4) is 5.75 Å². The molecule has 0 aliphatic carbocycles. The van der Waals surface area contributed by atoms with E-state index in [1.807, 2.05) is 58.9 Å². The molecule has 162 valence electrons. The Balaban J connectivity index is 2.32. The highest BCUT2D eigenvalue weighted by Gasteiger charge is 2.21. The molecule has 30 heavy (non-hydrogen) atoms. The largest absolute Gasteiger partial charge is 0.497 e. The van der Waals surface area contributed by atoms with E-state index in [0.717, 1.165) is 11.3 Å². The Morgan fingerprint density at radius 1 is 0.967 bits per heavy atom. The number of pyridine rings is 1. The van der Waals surface area contributed by atoms with E-state index in [1.165, 1.54) is 12.4 Å². The lowest BCUT2D eigenvalue weighted by atomic mass is 10.1. The summed E-state index contributed by atoms with van der Waals surface area (Å²) in [7, 11) is 1.59. The van der Waals surface area contributed by atoms with Crippen LogP contribution in [0.15, 0.2) is 41.5 Å². The maximum absolute atomic E-state index is 12.9. The Bertz CT molecular complexity index is 946. The molecule has 0 aliphatic rings. The fraction of sp³-hybridized carbons (Fsp3) is 0.435. The van der Waals surface area contributed by atoms with Gasteiger partial charge in [-0.15, -0.1) is 0 Å². The molecule has 1 aromatic heterocycles. The van der Waals surface area contributed by atoms with Crippen LogP contribution in [0.4, 0.5) is 0 Å². The van der Waals surface area contributed by atoms with E-state index in [9.17, 15) is 14.4 Å². The Labute approximate surface area is 177 Å². The topological polar surface area (TPSA) is 89.4 Å². The van der Waals surface area contributed by atoms with Crippen LogP contribution < -0.4 is 20.8 Å². The molecule has 0 unspecified atom stereocenters. The first-order valence-electron chi connectivity index (χ1n) is 10.1. The second-order valence-corrected chi connectivity index (χ2v) is 8.03. The molecule has 7 heteroatoms. The Hall–Kier alpha value is -3.09. The number of ether oxygens (including phenoxy) is 1. The summed E-state index contributed by atoms with van der Waals surface area (Å²) in [5.41, 5.74) is 0.210. The second-order valence-electron chi connectivity index (χ2n) is 8.03. The van der Waals surface area contributed by atoms with Gasteiger partial charge in [-0.25, -0.2) is 0 Å². The van der Waals surface area contributed by atoms with Crippen molar-refractivity contribution < 1.29 is 14.3 Å². The maximum Gasteiger partial charge on any atom is 0.257 e. The van der Waals surface area contributed by atoms with Crippen molar-refractivity contribution in [1.82, 2.24) is 15.2 Å². The van der Waals surface area contributed by atoms with Crippen molar-refractivity contribution in [2.75, 3.05) is 13.7 Å². The van der Waals surface area contributed by atoms with Crippen molar-refractivity contribution in [3.05, 3.63) is 63.6 Å². The summed E-state index contributed by atoms with van der Waals surface area (Å²) in [6.45, 7) is 10.1. The average molecular weight is 414 g/mol. The summed E-state index contributed by atoms with van der Waals surface area (Å²) < 4.78 is 6.86. The van der Waals surface area contributed by atoms with Crippen LogP contribution in [0.25, 0.3) is 0 Å². The number of carbonyl (C=O) groups excluding carboxylic acids is 2. The quantitative estimate of drug-likeness (QED) is 0.695. The molecule has 0 fully saturated rings. The number of benzene rings is 1. The number of aromatic nitrogens is 1. The summed E-state index contributed by atoms with van der Waals surface area (Å²) in [4.78, 5) is 38.4. The average Bonchev–Trinajstić information content (AvgIpc) is 2.71. The minimum Gasteiger partial charge on any atom is -0.497 e. The first-order chi connectivity index (χ1) is 14.1. The van der Waals surface area contributed by atoms with Crippen LogP contribution in [0.3, 0.4) is 0 Å². The number of hydrogen-bond donors (Lipinski definition) is 2. The third-order valence-electron chi connectivity index (χ3n) is 4.77. The summed E-state index contributed by atoms with van der Waals surface area (Å²) >= 11 is 0. The zero-order chi connectivity index (χ0) is 22.4. The van der Waals surface area contributed by atoms with Crippen LogP contribution in [-0.4, -0.2) is 30.0 Å². The molecular weight excluding hydrogens is 382 g/mol. The summed E-state index contributed by atoms with van der Waals surface area (Å²) in [5, 5.41) is 5.60. The number of carbonyl (C=O) groups is 2. The van der Waals surface area contributed by atoms with Gasteiger partial charge >= 0.3 is 0 Å². The van der Waals surface area contributed by atoms with Crippen molar-refractivity contribution in [1.29, 1.82) is 0 Å². The lowest BCUT2D eigenvalue weighted by Crippen LogP contribution is -2.37. The Morgan fingerprint density at radius 3 is 2.03 bits per heavy atom. The van der Waals surface area contributed by atoms with Gasteiger partial charge in [0.05, 0.1) is 13.2 Å². The molecule has 0 aliphatic heterocycles. The summed E-state index contributed by atoms with van der Waals surface area (Å²) in [6, 6.07) is 6.98. The molecule has 1 aromatic carbocycles. The third-order valence-corrected chi connectivity index (χ3v) is 4.77. The normalized spacial score (nSPS) is 12.0. The summed E-state index contributed by atoms with van der Waals surface area (Å²) in [6.07, 6.45) is 3.01. The second kappa shape index (κ2) is 10.1. The molecule has 0 bridgehead atoms. The molecule has 7 nitrogen and oxygen atoms in total. The Kier molecular flexibility index (Phi) is 7.80. The van der Waals surface area contributed by atoms with Gasteiger partial charge in [0.25, 0.3) is 11.8 Å². The number of methoxy groups -OCH3 is 1. The van der Waals surface area contributed by atoms with Gasteiger partial charge in [0.2, 0.25) is 5.43 Å². The zero-order valence-corrected chi connectivity index (χ0v) is 18.5. The highest BCUT2D eigenvalue weighted by molar-refractivity contribution is 5.99. The van der Waals surface area contributed by atoms with Crippen molar-refractivity contribution in [2.24, 2.45) is 5.92 Å². The van der Waals surface area contributed by atoms with Gasteiger partial charge in [-0.05, 0) is 44.4 Å². The van der Waals surface area contributed by atoms with E-state index < -0.39 is 17.2 Å². The van der Waals surface area contributed by atoms with Gasteiger partial charge in [0, 0.05) is 25.0 Å². The van der Waals surface area contributed by atoms with Gasteiger partial charge in [-0.1, -0.05) is 26.0 Å². The fourth-order valence-electron chi connectivity index (χ4n) is 2.86. The lowest BCUT2D eigenvalue weighted by molar-refractivity contribution is 0.0937. The minimum absolute atomic E-state index is 0.0205. The van der Waals surface area contributed by atoms with Crippen molar-refractivity contribution in [3.63, 3.8) is 0 Å². The molecule has 2 amide bonds. The molecule has 2 aromatic rings. The highest BCUT2D eigenvalue weighted by atomic mass is 16.5. The first-order valence-corrected chi connectivity index (χ1v) is 10.1. The predicted octanol–water partition coefficient (Wildman–Crippen LogP) is 3.31. The van der Waals surface area contributed by atoms with E-state index in [2.05, 4.69) is 10.6 Å². The number of amides is 2. The molecule has 1 atom stereocenters. The van der Waals surface area contributed by atoms with Crippen LogP contribution in [0.1, 0.15) is 73.0 Å². The molecule has 0 saturated heterocycles. The van der Waals surface area contributed by atoms with Crippen LogP contribution in [-0.2, 0) is 0 Å². The maximum atomic E-state index is 12.9. The smallest absolute Gasteiger partial charge is 0.257 e. The molecule has 0 saturated carbocycles. The van der Waals surface area contributed by atoms with Gasteiger partial charge in [-0.2, -0.15) is 0 Å². The van der Waals surface area contributed by atoms with Gasteiger partial charge in [0.1, 0.15) is 16.9 Å². The van der Waals surface area contributed by atoms with Crippen LogP contribution in [0.2, 0.25) is 0 Å². The van der Waals surface area contributed by atoms with Gasteiger partial charge in [-0.3, -0.25) is 14.4 Å². The molecular formula is C23H31N3O4. The van der Waals surface area contributed by atoms with Crippen LogP contribution in [0.5, 0.6) is 5.75 Å². The lowest BCUT2D eigenvalue weighted by Gasteiger charge is -2.18.